The topological polar surface area (TPSA) is 72.2 Å². The summed E-state index contributed by atoms with van der Waals surface area (Å²) in [6, 6.07) is -0.567. The second kappa shape index (κ2) is 6.74. The number of nitrogens with two attached hydrogens (primary N) is 1. The van der Waals surface area contributed by atoms with E-state index in [4.69, 9.17) is 5.73 Å². The largest absolute Gasteiger partial charge is 0.320 e. The Balaban J connectivity index is 2.36. The summed E-state index contributed by atoms with van der Waals surface area (Å²) in [6.45, 7) is 4.02. The van der Waals surface area contributed by atoms with E-state index in [1.165, 1.54) is 6.42 Å². The zero-order chi connectivity index (χ0) is 12.8. The molecule has 0 aromatic carbocycles. The van der Waals surface area contributed by atoms with Crippen LogP contribution < -0.4 is 11.1 Å². The Morgan fingerprint density at radius 2 is 1.82 bits per heavy atom. The number of amides is 2. The van der Waals surface area contributed by atoms with Gasteiger partial charge >= 0.3 is 0 Å². The Hall–Kier alpha value is -0.900. The van der Waals surface area contributed by atoms with Crippen LogP contribution in [-0.2, 0) is 9.59 Å². The summed E-state index contributed by atoms with van der Waals surface area (Å²) in [7, 11) is 0. The average molecular weight is 240 g/mol. The highest BCUT2D eigenvalue weighted by Gasteiger charge is 2.24. The number of nitrogens with one attached hydrogen (secondary N) is 1. The Kier molecular flexibility index (Phi) is 5.62. The van der Waals surface area contributed by atoms with Gasteiger partial charge in [0.1, 0.15) is 0 Å². The lowest BCUT2D eigenvalue weighted by molar-refractivity contribution is -0.134. The van der Waals surface area contributed by atoms with E-state index >= 15 is 0 Å². The number of carbonyl (C=O) groups excluding carboxylic acids is 2. The summed E-state index contributed by atoms with van der Waals surface area (Å²) in [4.78, 5) is 23.5. The molecule has 0 radical (unpaired) electrons. The maximum Gasteiger partial charge on any atom is 0.243 e. The van der Waals surface area contributed by atoms with E-state index in [-0.39, 0.29) is 17.7 Å². The molecule has 0 aromatic rings. The Morgan fingerprint density at radius 3 is 2.35 bits per heavy atom. The minimum Gasteiger partial charge on any atom is -0.320 e. The van der Waals surface area contributed by atoms with Gasteiger partial charge in [-0.3, -0.25) is 14.9 Å². The normalized spacial score (nSPS) is 19.1. The Labute approximate surface area is 103 Å². The van der Waals surface area contributed by atoms with Crippen molar-refractivity contribution in [3.05, 3.63) is 0 Å². The first-order valence-electron chi connectivity index (χ1n) is 6.61. The molecule has 98 valence electrons. The molecular formula is C13H24N2O2. The van der Waals surface area contributed by atoms with Crippen molar-refractivity contribution in [3.8, 4) is 0 Å². The van der Waals surface area contributed by atoms with E-state index in [0.717, 1.165) is 25.7 Å². The molecule has 1 fully saturated rings. The first-order chi connectivity index (χ1) is 8.00. The van der Waals surface area contributed by atoms with E-state index in [1.54, 1.807) is 0 Å². The van der Waals surface area contributed by atoms with E-state index in [9.17, 15) is 9.59 Å². The zero-order valence-corrected chi connectivity index (χ0v) is 10.9. The van der Waals surface area contributed by atoms with Crippen molar-refractivity contribution < 1.29 is 9.59 Å². The average Bonchev–Trinajstić information content (AvgIpc) is 2.29. The second-order valence-electron chi connectivity index (χ2n) is 5.42. The van der Waals surface area contributed by atoms with Crippen LogP contribution in [0.2, 0.25) is 0 Å². The molecule has 0 aromatic heterocycles. The van der Waals surface area contributed by atoms with Gasteiger partial charge in [-0.25, -0.2) is 0 Å². The molecule has 17 heavy (non-hydrogen) atoms. The van der Waals surface area contributed by atoms with Crippen molar-refractivity contribution in [2.45, 2.75) is 58.4 Å². The minimum atomic E-state index is -0.567. The van der Waals surface area contributed by atoms with Gasteiger partial charge in [-0.05, 0) is 25.2 Å². The monoisotopic (exact) mass is 240 g/mol. The maximum absolute atomic E-state index is 11.8. The van der Waals surface area contributed by atoms with Gasteiger partial charge in [0.05, 0.1) is 6.04 Å². The standard InChI is InChI=1S/C13H24N2O2/c1-9(2)8-11(14)13(17)15-12(16)10-6-4-3-5-7-10/h9-11H,3-8,14H2,1-2H3,(H,15,16,17)/t11-/m0/s1. The van der Waals surface area contributed by atoms with Crippen LogP contribution in [0.4, 0.5) is 0 Å². The summed E-state index contributed by atoms with van der Waals surface area (Å²) in [6.07, 6.45) is 5.79. The van der Waals surface area contributed by atoms with Gasteiger partial charge in [-0.1, -0.05) is 33.1 Å². The Morgan fingerprint density at radius 1 is 1.24 bits per heavy atom. The highest BCUT2D eigenvalue weighted by Crippen LogP contribution is 2.23. The SMILES string of the molecule is CC(C)C[C@H](N)C(=O)NC(=O)C1CCCCC1. The van der Waals surface area contributed by atoms with Gasteiger partial charge in [0, 0.05) is 5.92 Å². The molecule has 0 unspecified atom stereocenters. The fourth-order valence-corrected chi connectivity index (χ4v) is 2.30. The lowest BCUT2D eigenvalue weighted by Crippen LogP contribution is -2.46. The molecule has 0 heterocycles. The van der Waals surface area contributed by atoms with Gasteiger partial charge in [-0.15, -0.1) is 0 Å². The lowest BCUT2D eigenvalue weighted by Gasteiger charge is -2.21. The van der Waals surface area contributed by atoms with Gasteiger partial charge in [0.2, 0.25) is 11.8 Å². The predicted molar refractivity (Wildman–Crippen MR) is 67.2 cm³/mol. The van der Waals surface area contributed by atoms with Crippen LogP contribution in [0.3, 0.4) is 0 Å². The number of carbonyl (C=O) groups is 2. The van der Waals surface area contributed by atoms with Crippen LogP contribution in [0.25, 0.3) is 0 Å². The summed E-state index contributed by atoms with van der Waals surface area (Å²) >= 11 is 0. The van der Waals surface area contributed by atoms with Crippen molar-refractivity contribution in [2.24, 2.45) is 17.6 Å². The molecule has 0 saturated heterocycles. The van der Waals surface area contributed by atoms with Crippen molar-refractivity contribution in [1.82, 2.24) is 5.32 Å². The Bertz CT molecular complexity index is 271. The fraction of sp³-hybridized carbons (Fsp3) is 0.846. The summed E-state index contributed by atoms with van der Waals surface area (Å²) in [5, 5.41) is 2.45. The summed E-state index contributed by atoms with van der Waals surface area (Å²) in [5.74, 6) is -0.0809. The predicted octanol–water partition coefficient (Wildman–Crippen LogP) is 1.58. The molecule has 0 bridgehead atoms. The van der Waals surface area contributed by atoms with Crippen molar-refractivity contribution >= 4 is 11.8 Å². The molecule has 0 aliphatic heterocycles. The fourth-order valence-electron chi connectivity index (χ4n) is 2.30. The molecule has 1 aliphatic carbocycles. The quantitative estimate of drug-likeness (QED) is 0.783. The van der Waals surface area contributed by atoms with Crippen molar-refractivity contribution in [2.75, 3.05) is 0 Å². The van der Waals surface area contributed by atoms with Crippen LogP contribution >= 0.6 is 0 Å². The van der Waals surface area contributed by atoms with Crippen LogP contribution in [0.1, 0.15) is 52.4 Å². The third kappa shape index (κ3) is 4.86. The molecule has 4 nitrogen and oxygen atoms in total. The maximum atomic E-state index is 11.8. The van der Waals surface area contributed by atoms with E-state index in [1.807, 2.05) is 13.8 Å². The molecule has 1 atom stereocenters. The molecule has 1 rings (SSSR count). The first-order valence-corrected chi connectivity index (χ1v) is 6.61. The lowest BCUT2D eigenvalue weighted by atomic mass is 9.88. The number of hydrogen-bond acceptors (Lipinski definition) is 3. The number of imide groups is 1. The van der Waals surface area contributed by atoms with E-state index in [0.29, 0.717) is 12.3 Å². The molecule has 2 amide bonds. The van der Waals surface area contributed by atoms with Crippen molar-refractivity contribution in [3.63, 3.8) is 0 Å². The van der Waals surface area contributed by atoms with Crippen LogP contribution in [-0.4, -0.2) is 17.9 Å². The zero-order valence-electron chi connectivity index (χ0n) is 10.9. The van der Waals surface area contributed by atoms with Gasteiger partial charge in [0.15, 0.2) is 0 Å². The van der Waals surface area contributed by atoms with Gasteiger partial charge < -0.3 is 5.73 Å². The smallest absolute Gasteiger partial charge is 0.243 e. The third-order valence-corrected chi connectivity index (χ3v) is 3.28. The third-order valence-electron chi connectivity index (χ3n) is 3.28. The number of hydrogen-bond donors (Lipinski definition) is 2. The minimum absolute atomic E-state index is 0.0129. The molecule has 1 aliphatic rings. The summed E-state index contributed by atoms with van der Waals surface area (Å²) in [5.41, 5.74) is 5.73. The molecule has 0 spiro atoms. The second-order valence-corrected chi connectivity index (χ2v) is 5.42. The van der Waals surface area contributed by atoms with Crippen molar-refractivity contribution in [1.29, 1.82) is 0 Å². The van der Waals surface area contributed by atoms with Crippen LogP contribution in [0.15, 0.2) is 0 Å². The van der Waals surface area contributed by atoms with E-state index < -0.39 is 6.04 Å². The van der Waals surface area contributed by atoms with Gasteiger partial charge in [-0.2, -0.15) is 0 Å². The number of rotatable bonds is 4. The molecule has 3 N–H and O–H groups in total. The molecular weight excluding hydrogens is 216 g/mol. The van der Waals surface area contributed by atoms with E-state index in [2.05, 4.69) is 5.32 Å². The van der Waals surface area contributed by atoms with Crippen LogP contribution in [0.5, 0.6) is 0 Å². The summed E-state index contributed by atoms with van der Waals surface area (Å²) < 4.78 is 0. The first kappa shape index (κ1) is 14.2. The molecule has 1 saturated carbocycles. The molecule has 4 heteroatoms. The van der Waals surface area contributed by atoms with Crippen LogP contribution in [0, 0.1) is 11.8 Å². The highest BCUT2D eigenvalue weighted by atomic mass is 16.2. The highest BCUT2D eigenvalue weighted by molar-refractivity contribution is 5.98. The van der Waals surface area contributed by atoms with Gasteiger partial charge in [0.25, 0.3) is 0 Å².